The van der Waals surface area contributed by atoms with Gasteiger partial charge in [0, 0.05) is 36.8 Å². The van der Waals surface area contributed by atoms with Crippen molar-refractivity contribution in [1.82, 2.24) is 4.90 Å². The Morgan fingerprint density at radius 3 is 2.61 bits per heavy atom. The van der Waals surface area contributed by atoms with E-state index in [1.807, 2.05) is 12.1 Å². The van der Waals surface area contributed by atoms with E-state index in [-0.39, 0.29) is 0 Å². The number of halogens is 1. The number of rotatable bonds is 4. The molecule has 3 nitrogen and oxygen atoms in total. The quantitative estimate of drug-likeness (QED) is 0.852. The predicted octanol–water partition coefficient (Wildman–Crippen LogP) is 3.07. The van der Waals surface area contributed by atoms with Gasteiger partial charge in [-0.15, -0.1) is 0 Å². The van der Waals surface area contributed by atoms with Crippen LogP contribution in [0.3, 0.4) is 0 Å². The first-order chi connectivity index (χ1) is 8.72. The molecule has 0 spiro atoms. The zero-order chi connectivity index (χ0) is 13.0. The van der Waals surface area contributed by atoms with Crippen molar-refractivity contribution < 1.29 is 9.47 Å². The summed E-state index contributed by atoms with van der Waals surface area (Å²) in [7, 11) is 3.53. The van der Waals surface area contributed by atoms with Gasteiger partial charge >= 0.3 is 0 Å². The maximum absolute atomic E-state index is 5.41. The fraction of sp³-hybridized carbons (Fsp3) is 0.571. The van der Waals surface area contributed by atoms with Crippen LogP contribution in [0, 0.1) is 0 Å². The topological polar surface area (TPSA) is 21.7 Å². The Balaban J connectivity index is 1.99. The first kappa shape index (κ1) is 13.8. The van der Waals surface area contributed by atoms with E-state index in [4.69, 9.17) is 9.47 Å². The lowest BCUT2D eigenvalue weighted by Crippen LogP contribution is -2.36. The molecule has 0 aromatic heterocycles. The van der Waals surface area contributed by atoms with Gasteiger partial charge in [0.1, 0.15) is 5.75 Å². The second-order valence-electron chi connectivity index (χ2n) is 4.67. The minimum Gasteiger partial charge on any atom is -0.496 e. The number of ether oxygens (including phenoxy) is 2. The van der Waals surface area contributed by atoms with Crippen LogP contribution in [-0.4, -0.2) is 38.3 Å². The molecule has 1 aromatic carbocycles. The Labute approximate surface area is 117 Å². The van der Waals surface area contributed by atoms with Crippen molar-refractivity contribution in [2.45, 2.75) is 25.5 Å². The smallest absolute Gasteiger partial charge is 0.123 e. The van der Waals surface area contributed by atoms with E-state index in [2.05, 4.69) is 26.9 Å². The molecule has 1 fully saturated rings. The van der Waals surface area contributed by atoms with Crippen molar-refractivity contribution in [2.24, 2.45) is 0 Å². The molecule has 1 aliphatic rings. The number of benzene rings is 1. The number of hydrogen-bond donors (Lipinski definition) is 0. The third kappa shape index (κ3) is 3.46. The standard InChI is InChI=1S/C14H20BrNO2/c1-17-13-5-7-16(8-6-13)10-11-9-12(15)3-4-14(11)18-2/h3-4,9,13H,5-8,10H2,1-2H3. The van der Waals surface area contributed by atoms with Crippen LogP contribution in [-0.2, 0) is 11.3 Å². The van der Waals surface area contributed by atoms with E-state index in [9.17, 15) is 0 Å². The minimum atomic E-state index is 0.436. The van der Waals surface area contributed by atoms with Gasteiger partial charge in [-0.25, -0.2) is 0 Å². The summed E-state index contributed by atoms with van der Waals surface area (Å²) in [6, 6.07) is 6.17. The zero-order valence-electron chi connectivity index (χ0n) is 11.0. The van der Waals surface area contributed by atoms with Crippen LogP contribution >= 0.6 is 15.9 Å². The SMILES string of the molecule is COc1ccc(Br)cc1CN1CCC(OC)CC1. The van der Waals surface area contributed by atoms with Gasteiger partial charge in [0.2, 0.25) is 0 Å². The lowest BCUT2D eigenvalue weighted by atomic mass is 10.1. The van der Waals surface area contributed by atoms with Crippen molar-refractivity contribution in [1.29, 1.82) is 0 Å². The summed E-state index contributed by atoms with van der Waals surface area (Å²) >= 11 is 3.52. The van der Waals surface area contributed by atoms with Gasteiger partial charge in [-0.2, -0.15) is 0 Å². The largest absolute Gasteiger partial charge is 0.496 e. The summed E-state index contributed by atoms with van der Waals surface area (Å²) in [6.45, 7) is 3.13. The number of piperidine rings is 1. The van der Waals surface area contributed by atoms with E-state index in [1.165, 1.54) is 5.56 Å². The molecule has 0 bridgehead atoms. The minimum absolute atomic E-state index is 0.436. The van der Waals surface area contributed by atoms with Crippen LogP contribution in [0.2, 0.25) is 0 Å². The number of hydrogen-bond acceptors (Lipinski definition) is 3. The normalized spacial score (nSPS) is 17.9. The lowest BCUT2D eigenvalue weighted by Gasteiger charge is -2.31. The van der Waals surface area contributed by atoms with Crippen LogP contribution in [0.25, 0.3) is 0 Å². The Bertz CT molecular complexity index is 389. The van der Waals surface area contributed by atoms with Gasteiger partial charge in [0.15, 0.2) is 0 Å². The number of nitrogens with zero attached hydrogens (tertiary/aromatic N) is 1. The van der Waals surface area contributed by atoms with E-state index >= 15 is 0 Å². The molecular formula is C14H20BrNO2. The fourth-order valence-electron chi connectivity index (χ4n) is 2.41. The molecule has 0 aliphatic carbocycles. The van der Waals surface area contributed by atoms with Gasteiger partial charge in [0.25, 0.3) is 0 Å². The summed E-state index contributed by atoms with van der Waals surface area (Å²) in [5.41, 5.74) is 1.24. The molecule has 0 radical (unpaired) electrons. The Hall–Kier alpha value is -0.580. The molecule has 2 rings (SSSR count). The number of likely N-dealkylation sites (tertiary alicyclic amines) is 1. The van der Waals surface area contributed by atoms with Crippen LogP contribution in [0.5, 0.6) is 5.75 Å². The number of methoxy groups -OCH3 is 2. The van der Waals surface area contributed by atoms with Crippen LogP contribution in [0.4, 0.5) is 0 Å². The molecule has 0 N–H and O–H groups in total. The molecule has 0 saturated carbocycles. The van der Waals surface area contributed by atoms with Crippen molar-refractivity contribution in [3.8, 4) is 5.75 Å². The van der Waals surface area contributed by atoms with Crippen molar-refractivity contribution in [2.75, 3.05) is 27.3 Å². The summed E-state index contributed by atoms with van der Waals surface area (Å²) in [4.78, 5) is 2.46. The maximum Gasteiger partial charge on any atom is 0.123 e. The van der Waals surface area contributed by atoms with Crippen LogP contribution < -0.4 is 4.74 Å². The molecule has 100 valence electrons. The van der Waals surface area contributed by atoms with E-state index < -0.39 is 0 Å². The molecule has 1 aliphatic heterocycles. The molecule has 0 atom stereocenters. The summed E-state index contributed by atoms with van der Waals surface area (Å²) in [6.07, 6.45) is 2.67. The molecule has 18 heavy (non-hydrogen) atoms. The van der Waals surface area contributed by atoms with Crippen molar-refractivity contribution in [3.63, 3.8) is 0 Å². The summed E-state index contributed by atoms with van der Waals surface area (Å²) in [5, 5.41) is 0. The predicted molar refractivity (Wildman–Crippen MR) is 76.0 cm³/mol. The maximum atomic E-state index is 5.41. The van der Waals surface area contributed by atoms with E-state index in [0.29, 0.717) is 6.10 Å². The highest BCUT2D eigenvalue weighted by Crippen LogP contribution is 2.25. The fourth-order valence-corrected chi connectivity index (χ4v) is 2.82. The van der Waals surface area contributed by atoms with Gasteiger partial charge in [0.05, 0.1) is 13.2 Å². The van der Waals surface area contributed by atoms with E-state index in [0.717, 1.165) is 42.7 Å². The lowest BCUT2D eigenvalue weighted by molar-refractivity contribution is 0.0387. The second-order valence-corrected chi connectivity index (χ2v) is 5.58. The van der Waals surface area contributed by atoms with Crippen molar-refractivity contribution in [3.05, 3.63) is 28.2 Å². The molecular weight excluding hydrogens is 294 g/mol. The Morgan fingerprint density at radius 2 is 2.00 bits per heavy atom. The van der Waals surface area contributed by atoms with Gasteiger partial charge in [-0.05, 0) is 31.0 Å². The molecule has 0 amide bonds. The highest BCUT2D eigenvalue weighted by Gasteiger charge is 2.19. The zero-order valence-corrected chi connectivity index (χ0v) is 12.6. The molecule has 1 heterocycles. The molecule has 4 heteroatoms. The molecule has 0 unspecified atom stereocenters. The van der Waals surface area contributed by atoms with Crippen LogP contribution in [0.15, 0.2) is 22.7 Å². The third-order valence-electron chi connectivity index (χ3n) is 3.50. The second kappa shape index (κ2) is 6.55. The average Bonchev–Trinajstić information content (AvgIpc) is 2.40. The van der Waals surface area contributed by atoms with E-state index in [1.54, 1.807) is 14.2 Å². The monoisotopic (exact) mass is 313 g/mol. The summed E-state index contributed by atoms with van der Waals surface area (Å²) in [5.74, 6) is 0.965. The highest BCUT2D eigenvalue weighted by molar-refractivity contribution is 9.10. The van der Waals surface area contributed by atoms with Crippen molar-refractivity contribution >= 4 is 15.9 Å². The van der Waals surface area contributed by atoms with Gasteiger partial charge < -0.3 is 9.47 Å². The highest BCUT2D eigenvalue weighted by atomic mass is 79.9. The average molecular weight is 314 g/mol. The van der Waals surface area contributed by atoms with Crippen LogP contribution in [0.1, 0.15) is 18.4 Å². The third-order valence-corrected chi connectivity index (χ3v) is 4.00. The molecule has 1 aromatic rings. The summed E-state index contributed by atoms with van der Waals surface area (Å²) < 4.78 is 11.9. The Morgan fingerprint density at radius 1 is 1.28 bits per heavy atom. The Kier molecular flexibility index (Phi) is 5.03. The van der Waals surface area contributed by atoms with Gasteiger partial charge in [-0.3, -0.25) is 4.90 Å². The van der Waals surface area contributed by atoms with Gasteiger partial charge in [-0.1, -0.05) is 15.9 Å². The first-order valence-electron chi connectivity index (χ1n) is 6.30. The molecule has 1 saturated heterocycles. The first-order valence-corrected chi connectivity index (χ1v) is 7.10.